The van der Waals surface area contributed by atoms with Crippen LogP contribution in [0.15, 0.2) is 0 Å². The van der Waals surface area contributed by atoms with Crippen LogP contribution >= 0.6 is 0 Å². The molecule has 0 aliphatic carbocycles. The molecule has 0 amide bonds. The first-order valence-corrected chi connectivity index (χ1v) is 7.18. The maximum atomic E-state index is 12.0. The SMILES string of the molecule is CC(C)(C)C(=O)ON1CCC[C@H]1C1CCNCC1. The average Bonchev–Trinajstić information content (AvgIpc) is 2.77. The van der Waals surface area contributed by atoms with Gasteiger partial charge in [0.2, 0.25) is 0 Å². The Balaban J connectivity index is 1.93. The van der Waals surface area contributed by atoms with Crippen LogP contribution in [0.2, 0.25) is 0 Å². The summed E-state index contributed by atoms with van der Waals surface area (Å²) in [6, 6.07) is 0.443. The number of hydrogen-bond acceptors (Lipinski definition) is 4. The highest BCUT2D eigenvalue weighted by Crippen LogP contribution is 2.30. The third-order valence-electron chi connectivity index (χ3n) is 3.99. The molecule has 2 aliphatic rings. The number of piperidine rings is 1. The minimum Gasteiger partial charge on any atom is -0.367 e. The number of nitrogens with zero attached hydrogens (tertiary/aromatic N) is 1. The van der Waals surface area contributed by atoms with Crippen LogP contribution in [0.5, 0.6) is 0 Å². The van der Waals surface area contributed by atoms with Crippen molar-refractivity contribution in [1.82, 2.24) is 10.4 Å². The molecule has 2 saturated heterocycles. The van der Waals surface area contributed by atoms with Crippen LogP contribution in [-0.2, 0) is 9.63 Å². The summed E-state index contributed by atoms with van der Waals surface area (Å²) in [5.41, 5.74) is -0.415. The van der Waals surface area contributed by atoms with Gasteiger partial charge in [-0.05, 0) is 65.5 Å². The van der Waals surface area contributed by atoms with Gasteiger partial charge >= 0.3 is 5.97 Å². The van der Waals surface area contributed by atoms with Gasteiger partial charge in [0.1, 0.15) is 0 Å². The van der Waals surface area contributed by atoms with Crippen molar-refractivity contribution in [3.63, 3.8) is 0 Å². The van der Waals surface area contributed by atoms with E-state index in [1.807, 2.05) is 25.8 Å². The Labute approximate surface area is 110 Å². The highest BCUT2D eigenvalue weighted by Gasteiger charge is 2.36. The third kappa shape index (κ3) is 3.23. The molecule has 4 heteroatoms. The van der Waals surface area contributed by atoms with E-state index < -0.39 is 5.41 Å². The molecular formula is C14H26N2O2. The Kier molecular flexibility index (Phi) is 4.28. The lowest BCUT2D eigenvalue weighted by molar-refractivity contribution is -0.208. The molecule has 0 aromatic heterocycles. The molecule has 18 heavy (non-hydrogen) atoms. The second kappa shape index (κ2) is 5.57. The molecule has 1 N–H and O–H groups in total. The average molecular weight is 254 g/mol. The van der Waals surface area contributed by atoms with Crippen LogP contribution < -0.4 is 5.32 Å². The van der Waals surface area contributed by atoms with Gasteiger partial charge in [-0.25, -0.2) is 4.79 Å². The van der Waals surface area contributed by atoms with Crippen LogP contribution in [-0.4, -0.2) is 36.7 Å². The predicted octanol–water partition coefficient (Wildman–Crippen LogP) is 1.95. The Morgan fingerprint density at radius 3 is 2.50 bits per heavy atom. The first-order valence-electron chi connectivity index (χ1n) is 7.18. The molecule has 0 saturated carbocycles. The number of carbonyl (C=O) groups is 1. The fraction of sp³-hybridized carbons (Fsp3) is 0.929. The molecule has 0 unspecified atom stereocenters. The summed E-state index contributed by atoms with van der Waals surface area (Å²) < 4.78 is 0. The lowest BCUT2D eigenvalue weighted by Gasteiger charge is -2.34. The smallest absolute Gasteiger partial charge is 0.330 e. The van der Waals surface area contributed by atoms with Gasteiger partial charge in [0.05, 0.1) is 5.41 Å². The molecule has 2 aliphatic heterocycles. The van der Waals surface area contributed by atoms with Crippen molar-refractivity contribution in [3.05, 3.63) is 0 Å². The Morgan fingerprint density at radius 2 is 1.89 bits per heavy atom. The van der Waals surface area contributed by atoms with Crippen molar-refractivity contribution in [2.24, 2.45) is 11.3 Å². The van der Waals surface area contributed by atoms with Gasteiger partial charge in [0, 0.05) is 12.6 Å². The van der Waals surface area contributed by atoms with E-state index in [1.54, 1.807) is 0 Å². The van der Waals surface area contributed by atoms with Crippen molar-refractivity contribution in [3.8, 4) is 0 Å². The molecule has 2 heterocycles. The number of carbonyl (C=O) groups excluding carboxylic acids is 1. The van der Waals surface area contributed by atoms with E-state index in [2.05, 4.69) is 5.32 Å². The Morgan fingerprint density at radius 1 is 1.22 bits per heavy atom. The molecule has 1 atom stereocenters. The number of hydroxylamine groups is 2. The van der Waals surface area contributed by atoms with E-state index in [0.29, 0.717) is 12.0 Å². The summed E-state index contributed by atoms with van der Waals surface area (Å²) in [6.45, 7) is 8.82. The van der Waals surface area contributed by atoms with Gasteiger partial charge in [0.15, 0.2) is 0 Å². The maximum absolute atomic E-state index is 12.0. The fourth-order valence-corrected chi connectivity index (χ4v) is 2.82. The highest BCUT2D eigenvalue weighted by molar-refractivity contribution is 5.75. The van der Waals surface area contributed by atoms with Gasteiger partial charge in [-0.15, -0.1) is 5.06 Å². The number of hydrogen-bond donors (Lipinski definition) is 1. The topological polar surface area (TPSA) is 41.6 Å². The molecule has 0 aromatic rings. The van der Waals surface area contributed by atoms with Gasteiger partial charge in [-0.3, -0.25) is 0 Å². The van der Waals surface area contributed by atoms with E-state index >= 15 is 0 Å². The summed E-state index contributed by atoms with van der Waals surface area (Å²) in [7, 11) is 0. The van der Waals surface area contributed by atoms with E-state index in [0.717, 1.165) is 26.1 Å². The zero-order valence-corrected chi connectivity index (χ0v) is 11.9. The molecular weight excluding hydrogens is 228 g/mol. The molecule has 0 bridgehead atoms. The number of rotatable bonds is 2. The summed E-state index contributed by atoms with van der Waals surface area (Å²) in [4.78, 5) is 17.6. The van der Waals surface area contributed by atoms with Gasteiger partial charge in [-0.1, -0.05) is 0 Å². The second-order valence-corrected chi connectivity index (χ2v) is 6.57. The van der Waals surface area contributed by atoms with Crippen LogP contribution in [0.1, 0.15) is 46.5 Å². The van der Waals surface area contributed by atoms with Crippen LogP contribution in [0.25, 0.3) is 0 Å². The minimum absolute atomic E-state index is 0.108. The van der Waals surface area contributed by atoms with Crippen molar-refractivity contribution >= 4 is 5.97 Å². The lowest BCUT2D eigenvalue weighted by Crippen LogP contribution is -2.43. The molecule has 2 fully saturated rings. The van der Waals surface area contributed by atoms with E-state index in [9.17, 15) is 4.79 Å². The van der Waals surface area contributed by atoms with Crippen LogP contribution in [0.4, 0.5) is 0 Å². The minimum atomic E-state index is -0.415. The van der Waals surface area contributed by atoms with Crippen molar-refractivity contribution in [1.29, 1.82) is 0 Å². The monoisotopic (exact) mass is 254 g/mol. The van der Waals surface area contributed by atoms with E-state index in [-0.39, 0.29) is 5.97 Å². The third-order valence-corrected chi connectivity index (χ3v) is 3.99. The van der Waals surface area contributed by atoms with Crippen LogP contribution in [0.3, 0.4) is 0 Å². The lowest BCUT2D eigenvalue weighted by atomic mass is 9.89. The summed E-state index contributed by atoms with van der Waals surface area (Å²) in [6.07, 6.45) is 4.72. The van der Waals surface area contributed by atoms with Crippen LogP contribution in [0, 0.1) is 11.3 Å². The zero-order chi connectivity index (χ0) is 13.2. The van der Waals surface area contributed by atoms with Crippen molar-refractivity contribution in [2.75, 3.05) is 19.6 Å². The first-order chi connectivity index (χ1) is 8.48. The Bertz CT molecular complexity index is 293. The molecule has 0 spiro atoms. The fourth-order valence-electron chi connectivity index (χ4n) is 2.82. The maximum Gasteiger partial charge on any atom is 0.330 e. The predicted molar refractivity (Wildman–Crippen MR) is 70.9 cm³/mol. The first kappa shape index (κ1) is 13.8. The summed E-state index contributed by atoms with van der Waals surface area (Å²) in [5, 5.41) is 5.35. The molecule has 2 rings (SSSR count). The highest BCUT2D eigenvalue weighted by atomic mass is 16.7. The summed E-state index contributed by atoms with van der Waals surface area (Å²) >= 11 is 0. The van der Waals surface area contributed by atoms with E-state index in [1.165, 1.54) is 19.3 Å². The van der Waals surface area contributed by atoms with Gasteiger partial charge in [-0.2, -0.15) is 0 Å². The normalized spacial score (nSPS) is 27.4. The summed E-state index contributed by atoms with van der Waals surface area (Å²) in [5.74, 6) is 0.574. The molecule has 104 valence electrons. The van der Waals surface area contributed by atoms with Gasteiger partial charge in [0.25, 0.3) is 0 Å². The molecule has 0 aromatic carbocycles. The molecule has 0 radical (unpaired) electrons. The zero-order valence-electron chi connectivity index (χ0n) is 11.9. The second-order valence-electron chi connectivity index (χ2n) is 6.57. The van der Waals surface area contributed by atoms with Crippen molar-refractivity contribution < 1.29 is 9.63 Å². The standard InChI is InChI=1S/C14H26N2O2/c1-14(2,3)13(17)18-16-10-4-5-12(16)11-6-8-15-9-7-11/h11-12,15H,4-10H2,1-3H3/t12-/m0/s1. The quantitative estimate of drug-likeness (QED) is 0.818. The van der Waals surface area contributed by atoms with E-state index in [4.69, 9.17) is 4.84 Å². The Hall–Kier alpha value is -0.610. The largest absolute Gasteiger partial charge is 0.367 e. The van der Waals surface area contributed by atoms with Gasteiger partial charge < -0.3 is 10.2 Å². The number of nitrogens with one attached hydrogen (secondary N) is 1. The van der Waals surface area contributed by atoms with Crippen molar-refractivity contribution in [2.45, 2.75) is 52.5 Å². The molecule has 4 nitrogen and oxygen atoms in total.